The van der Waals surface area contributed by atoms with Crippen molar-refractivity contribution in [1.29, 1.82) is 0 Å². The van der Waals surface area contributed by atoms with Crippen molar-refractivity contribution in [2.45, 2.75) is 25.8 Å². The number of imidazole rings is 1. The van der Waals surface area contributed by atoms with Gasteiger partial charge in [-0.05, 0) is 31.5 Å². The SMILES string of the molecule is COCCCNC(=S)NCCCCn1ccnc1. The van der Waals surface area contributed by atoms with Crippen LogP contribution in [0.25, 0.3) is 0 Å². The molecule has 0 aromatic carbocycles. The summed E-state index contributed by atoms with van der Waals surface area (Å²) in [7, 11) is 1.71. The maximum absolute atomic E-state index is 5.15. The van der Waals surface area contributed by atoms with E-state index in [1.807, 2.05) is 12.5 Å². The second-order valence-electron chi connectivity index (χ2n) is 4.04. The molecule has 6 heteroatoms. The van der Waals surface area contributed by atoms with Crippen LogP contribution in [0.3, 0.4) is 0 Å². The molecule has 5 nitrogen and oxygen atoms in total. The molecule has 18 heavy (non-hydrogen) atoms. The first-order valence-electron chi connectivity index (χ1n) is 6.29. The summed E-state index contributed by atoms with van der Waals surface area (Å²) in [6.45, 7) is 3.54. The monoisotopic (exact) mass is 270 g/mol. The summed E-state index contributed by atoms with van der Waals surface area (Å²) in [4.78, 5) is 4.00. The average molecular weight is 270 g/mol. The molecular formula is C12H22N4OS. The van der Waals surface area contributed by atoms with Gasteiger partial charge < -0.3 is 19.9 Å². The van der Waals surface area contributed by atoms with Gasteiger partial charge in [-0.25, -0.2) is 4.98 Å². The molecule has 2 N–H and O–H groups in total. The predicted octanol–water partition coefficient (Wildman–Crippen LogP) is 1.16. The summed E-state index contributed by atoms with van der Waals surface area (Å²) < 4.78 is 7.05. The van der Waals surface area contributed by atoms with Crippen LogP contribution < -0.4 is 10.6 Å². The average Bonchev–Trinajstić information content (AvgIpc) is 2.87. The van der Waals surface area contributed by atoms with Gasteiger partial charge in [-0.1, -0.05) is 0 Å². The normalized spacial score (nSPS) is 10.3. The minimum absolute atomic E-state index is 0.730. The van der Waals surface area contributed by atoms with E-state index in [1.165, 1.54) is 0 Å². The summed E-state index contributed by atoms with van der Waals surface area (Å²) in [6, 6.07) is 0. The smallest absolute Gasteiger partial charge is 0.166 e. The van der Waals surface area contributed by atoms with Crippen molar-refractivity contribution in [3.8, 4) is 0 Å². The second-order valence-corrected chi connectivity index (χ2v) is 4.44. The minimum atomic E-state index is 0.730. The standard InChI is InChI=1S/C12H22N4OS/c1-17-10-4-6-15-12(18)14-5-2-3-8-16-9-7-13-11-16/h7,9,11H,2-6,8,10H2,1H3,(H2,14,15,18). The van der Waals surface area contributed by atoms with Gasteiger partial charge in [0, 0.05) is 45.7 Å². The van der Waals surface area contributed by atoms with E-state index >= 15 is 0 Å². The first-order chi connectivity index (χ1) is 8.83. The molecule has 1 aromatic rings. The molecule has 1 heterocycles. The molecule has 0 amide bonds. The number of ether oxygens (including phenoxy) is 1. The molecule has 0 fully saturated rings. The Hall–Kier alpha value is -1.14. The van der Waals surface area contributed by atoms with Gasteiger partial charge in [-0.3, -0.25) is 0 Å². The maximum Gasteiger partial charge on any atom is 0.166 e. The number of hydrogen-bond donors (Lipinski definition) is 2. The molecule has 0 bridgehead atoms. The van der Waals surface area contributed by atoms with Crippen molar-refractivity contribution in [2.24, 2.45) is 0 Å². The van der Waals surface area contributed by atoms with E-state index in [0.29, 0.717) is 0 Å². The molecule has 0 aliphatic carbocycles. The van der Waals surface area contributed by atoms with Crippen molar-refractivity contribution >= 4 is 17.3 Å². The highest BCUT2D eigenvalue weighted by molar-refractivity contribution is 7.80. The van der Waals surface area contributed by atoms with Crippen molar-refractivity contribution in [1.82, 2.24) is 20.2 Å². The Balaban J connectivity index is 1.89. The number of aryl methyl sites for hydroxylation is 1. The molecule has 1 aromatic heterocycles. The minimum Gasteiger partial charge on any atom is -0.385 e. The first-order valence-corrected chi connectivity index (χ1v) is 6.70. The van der Waals surface area contributed by atoms with Gasteiger partial charge in [0.2, 0.25) is 0 Å². The lowest BCUT2D eigenvalue weighted by molar-refractivity contribution is 0.195. The first kappa shape index (κ1) is 14.9. The molecule has 102 valence electrons. The predicted molar refractivity (Wildman–Crippen MR) is 76.6 cm³/mol. The van der Waals surface area contributed by atoms with Crippen LogP contribution in [-0.2, 0) is 11.3 Å². The van der Waals surface area contributed by atoms with Crippen LogP contribution in [0, 0.1) is 0 Å². The van der Waals surface area contributed by atoms with Crippen LogP contribution in [-0.4, -0.2) is 41.5 Å². The molecule has 0 atom stereocenters. The summed E-state index contributed by atoms with van der Waals surface area (Å²) in [5.41, 5.74) is 0. The molecular weight excluding hydrogens is 248 g/mol. The zero-order valence-electron chi connectivity index (χ0n) is 10.9. The number of thiocarbonyl (C=S) groups is 1. The highest BCUT2D eigenvalue weighted by atomic mass is 32.1. The molecule has 0 spiro atoms. The Morgan fingerprint density at radius 3 is 2.72 bits per heavy atom. The van der Waals surface area contributed by atoms with E-state index in [1.54, 1.807) is 13.3 Å². The Labute approximate surface area is 114 Å². The van der Waals surface area contributed by atoms with E-state index < -0.39 is 0 Å². The van der Waals surface area contributed by atoms with Gasteiger partial charge in [0.05, 0.1) is 6.33 Å². The third-order valence-electron chi connectivity index (χ3n) is 2.50. The fourth-order valence-corrected chi connectivity index (χ4v) is 1.73. The van der Waals surface area contributed by atoms with Crippen LogP contribution in [0.1, 0.15) is 19.3 Å². The molecule has 0 saturated carbocycles. The molecule has 0 saturated heterocycles. The van der Waals surface area contributed by atoms with Gasteiger partial charge in [0.15, 0.2) is 5.11 Å². The molecule has 0 radical (unpaired) electrons. The van der Waals surface area contributed by atoms with Crippen LogP contribution in [0.5, 0.6) is 0 Å². The van der Waals surface area contributed by atoms with Crippen LogP contribution >= 0.6 is 12.2 Å². The number of unbranched alkanes of at least 4 members (excludes halogenated alkanes) is 1. The summed E-state index contributed by atoms with van der Waals surface area (Å²) in [5, 5.41) is 7.07. The lowest BCUT2D eigenvalue weighted by Crippen LogP contribution is -2.36. The van der Waals surface area contributed by atoms with Gasteiger partial charge >= 0.3 is 0 Å². The van der Waals surface area contributed by atoms with E-state index in [9.17, 15) is 0 Å². The molecule has 0 aliphatic rings. The zero-order chi connectivity index (χ0) is 13.1. The summed E-state index contributed by atoms with van der Waals surface area (Å²) >= 11 is 5.15. The van der Waals surface area contributed by atoms with Gasteiger partial charge in [-0.2, -0.15) is 0 Å². The zero-order valence-corrected chi connectivity index (χ0v) is 11.7. The van der Waals surface area contributed by atoms with Gasteiger partial charge in [-0.15, -0.1) is 0 Å². The second kappa shape index (κ2) is 9.85. The van der Waals surface area contributed by atoms with Crippen molar-refractivity contribution < 1.29 is 4.74 Å². The van der Waals surface area contributed by atoms with Crippen LogP contribution in [0.2, 0.25) is 0 Å². The quantitative estimate of drug-likeness (QED) is 0.521. The van der Waals surface area contributed by atoms with Gasteiger partial charge in [0.25, 0.3) is 0 Å². The highest BCUT2D eigenvalue weighted by Crippen LogP contribution is 1.93. The fraction of sp³-hybridized carbons (Fsp3) is 0.667. The van der Waals surface area contributed by atoms with Crippen LogP contribution in [0.15, 0.2) is 18.7 Å². The Bertz CT molecular complexity index is 316. The van der Waals surface area contributed by atoms with E-state index in [-0.39, 0.29) is 0 Å². The largest absolute Gasteiger partial charge is 0.385 e. The Morgan fingerprint density at radius 2 is 2.06 bits per heavy atom. The number of aromatic nitrogens is 2. The lowest BCUT2D eigenvalue weighted by atomic mass is 10.3. The Morgan fingerprint density at radius 1 is 1.28 bits per heavy atom. The lowest BCUT2D eigenvalue weighted by Gasteiger charge is -2.10. The van der Waals surface area contributed by atoms with E-state index in [4.69, 9.17) is 17.0 Å². The van der Waals surface area contributed by atoms with Gasteiger partial charge in [0.1, 0.15) is 0 Å². The number of nitrogens with one attached hydrogen (secondary N) is 2. The van der Waals surface area contributed by atoms with Crippen molar-refractivity contribution in [3.63, 3.8) is 0 Å². The number of methoxy groups -OCH3 is 1. The Kier molecular flexibility index (Phi) is 8.16. The number of nitrogens with zero attached hydrogens (tertiary/aromatic N) is 2. The van der Waals surface area contributed by atoms with E-state index in [2.05, 4.69) is 20.2 Å². The highest BCUT2D eigenvalue weighted by Gasteiger charge is 1.95. The number of hydrogen-bond acceptors (Lipinski definition) is 3. The molecule has 0 aliphatic heterocycles. The van der Waals surface area contributed by atoms with Crippen LogP contribution in [0.4, 0.5) is 0 Å². The third kappa shape index (κ3) is 7.24. The molecule has 0 unspecified atom stereocenters. The number of rotatable bonds is 9. The van der Waals surface area contributed by atoms with Crippen molar-refractivity contribution in [3.05, 3.63) is 18.7 Å². The van der Waals surface area contributed by atoms with Crippen molar-refractivity contribution in [2.75, 3.05) is 26.8 Å². The topological polar surface area (TPSA) is 51.1 Å². The summed E-state index contributed by atoms with van der Waals surface area (Å²) in [6.07, 6.45) is 8.81. The fourth-order valence-electron chi connectivity index (χ4n) is 1.52. The van der Waals surface area contributed by atoms with E-state index in [0.717, 1.165) is 50.6 Å². The maximum atomic E-state index is 5.15. The molecule has 1 rings (SSSR count). The third-order valence-corrected chi connectivity index (χ3v) is 2.79. The summed E-state index contributed by atoms with van der Waals surface area (Å²) in [5.74, 6) is 0.